The number of carbonyl (C=O) groups is 1. The number of anilines is 1. The second-order valence-corrected chi connectivity index (χ2v) is 7.42. The molecule has 2 aromatic rings. The zero-order chi connectivity index (χ0) is 16.4. The molecule has 4 rings (SSSR count). The molecule has 0 radical (unpaired) electrons. The zero-order valence-corrected chi connectivity index (χ0v) is 14.1. The fraction of sp³-hybridized carbons (Fsp3) is 0.316. The molecule has 0 saturated heterocycles. The van der Waals surface area contributed by atoms with Crippen molar-refractivity contribution < 1.29 is 14.3 Å². The number of rotatable bonds is 4. The Morgan fingerprint density at radius 1 is 1.04 bits per heavy atom. The first kappa shape index (κ1) is 15.4. The van der Waals surface area contributed by atoms with E-state index in [9.17, 15) is 4.79 Å². The fourth-order valence-electron chi connectivity index (χ4n) is 3.12. The first-order valence-electron chi connectivity index (χ1n) is 8.26. The third-order valence-corrected chi connectivity index (χ3v) is 5.71. The summed E-state index contributed by atoms with van der Waals surface area (Å²) >= 11 is 1.94. The molecule has 0 bridgehead atoms. The lowest BCUT2D eigenvalue weighted by Gasteiger charge is -2.10. The number of hydrogen-bond donors (Lipinski definition) is 1. The Labute approximate surface area is 145 Å². The lowest BCUT2D eigenvalue weighted by atomic mass is 10.1. The first-order valence-corrected chi connectivity index (χ1v) is 9.14. The Bertz CT molecular complexity index is 739. The summed E-state index contributed by atoms with van der Waals surface area (Å²) in [6, 6.07) is 13.4. The molecule has 124 valence electrons. The van der Waals surface area contributed by atoms with Crippen LogP contribution in [0.25, 0.3) is 0 Å². The second kappa shape index (κ2) is 6.77. The van der Waals surface area contributed by atoms with Gasteiger partial charge in [-0.1, -0.05) is 18.9 Å². The Kier molecular flexibility index (Phi) is 4.34. The summed E-state index contributed by atoms with van der Waals surface area (Å²) in [5.74, 6) is 0.947. The van der Waals surface area contributed by atoms with Crippen molar-refractivity contribution in [3.63, 3.8) is 0 Å². The number of carbonyl (C=O) groups excluding carboxylic acids is 1. The topological polar surface area (TPSA) is 47.6 Å². The molecule has 1 fully saturated rings. The maximum atomic E-state index is 12.5. The van der Waals surface area contributed by atoms with Gasteiger partial charge in [0.2, 0.25) is 6.79 Å². The molecule has 2 aromatic carbocycles. The van der Waals surface area contributed by atoms with Gasteiger partial charge in [0, 0.05) is 15.8 Å². The van der Waals surface area contributed by atoms with E-state index in [0.717, 1.165) is 10.9 Å². The van der Waals surface area contributed by atoms with Crippen molar-refractivity contribution in [2.24, 2.45) is 0 Å². The first-order chi connectivity index (χ1) is 11.8. The molecule has 0 spiro atoms. The summed E-state index contributed by atoms with van der Waals surface area (Å²) in [6.07, 6.45) is 5.31. The molecule has 0 unspecified atom stereocenters. The van der Waals surface area contributed by atoms with Crippen LogP contribution in [0.4, 0.5) is 5.69 Å². The number of amides is 1. The van der Waals surface area contributed by atoms with Gasteiger partial charge in [0.15, 0.2) is 11.5 Å². The number of ether oxygens (including phenoxy) is 2. The van der Waals surface area contributed by atoms with E-state index in [2.05, 4.69) is 17.4 Å². The summed E-state index contributed by atoms with van der Waals surface area (Å²) in [4.78, 5) is 13.7. The maximum Gasteiger partial charge on any atom is 0.259 e. The van der Waals surface area contributed by atoms with Gasteiger partial charge in [-0.2, -0.15) is 0 Å². The number of thioether (sulfide) groups is 1. The van der Waals surface area contributed by atoms with Crippen molar-refractivity contribution in [2.75, 3.05) is 12.1 Å². The van der Waals surface area contributed by atoms with Gasteiger partial charge in [-0.25, -0.2) is 0 Å². The summed E-state index contributed by atoms with van der Waals surface area (Å²) in [7, 11) is 0. The van der Waals surface area contributed by atoms with Crippen LogP contribution in [-0.2, 0) is 0 Å². The standard InChI is InChI=1S/C19H19NO3S/c21-19(16-6-3-7-17-18(16)23-12-22-17)20-13-8-10-15(11-9-13)24-14-4-1-2-5-14/h3,6-11,14H,1-2,4-5,12H2,(H,20,21). The molecular formula is C19H19NO3S. The highest BCUT2D eigenvalue weighted by molar-refractivity contribution is 8.00. The number of hydrogen-bond acceptors (Lipinski definition) is 4. The normalized spacial score (nSPS) is 16.3. The molecule has 1 N–H and O–H groups in total. The average Bonchev–Trinajstić information content (AvgIpc) is 3.27. The lowest BCUT2D eigenvalue weighted by molar-refractivity contribution is 0.102. The van der Waals surface area contributed by atoms with Crippen LogP contribution in [-0.4, -0.2) is 18.0 Å². The van der Waals surface area contributed by atoms with Crippen LogP contribution >= 0.6 is 11.8 Å². The Morgan fingerprint density at radius 3 is 2.62 bits per heavy atom. The smallest absolute Gasteiger partial charge is 0.259 e. The Balaban J connectivity index is 1.43. The van der Waals surface area contributed by atoms with Gasteiger partial charge >= 0.3 is 0 Å². The molecular weight excluding hydrogens is 322 g/mol. The molecule has 1 heterocycles. The highest BCUT2D eigenvalue weighted by atomic mass is 32.2. The Hall–Kier alpha value is -2.14. The van der Waals surface area contributed by atoms with Gasteiger partial charge in [0.25, 0.3) is 5.91 Å². The van der Waals surface area contributed by atoms with Gasteiger partial charge in [-0.05, 0) is 49.2 Å². The summed E-state index contributed by atoms with van der Waals surface area (Å²) in [5, 5.41) is 3.67. The van der Waals surface area contributed by atoms with E-state index in [-0.39, 0.29) is 12.7 Å². The van der Waals surface area contributed by atoms with Crippen molar-refractivity contribution >= 4 is 23.4 Å². The van der Waals surface area contributed by atoms with Crippen LogP contribution in [0, 0.1) is 0 Å². The highest BCUT2D eigenvalue weighted by Gasteiger charge is 2.22. The average molecular weight is 341 g/mol. The summed E-state index contributed by atoms with van der Waals surface area (Å²) in [6.45, 7) is 0.159. The van der Waals surface area contributed by atoms with Crippen LogP contribution in [0.3, 0.4) is 0 Å². The van der Waals surface area contributed by atoms with Crippen LogP contribution in [0.5, 0.6) is 11.5 Å². The number of benzene rings is 2. The van der Waals surface area contributed by atoms with Gasteiger partial charge in [0.1, 0.15) is 0 Å². The summed E-state index contributed by atoms with van der Waals surface area (Å²) < 4.78 is 10.7. The third-order valence-electron chi connectivity index (χ3n) is 4.36. The number of nitrogens with one attached hydrogen (secondary N) is 1. The van der Waals surface area contributed by atoms with Crippen molar-refractivity contribution in [1.82, 2.24) is 0 Å². The molecule has 1 aliphatic carbocycles. The molecule has 24 heavy (non-hydrogen) atoms. The van der Waals surface area contributed by atoms with Gasteiger partial charge in [-0.15, -0.1) is 11.8 Å². The largest absolute Gasteiger partial charge is 0.454 e. The van der Waals surface area contributed by atoms with Gasteiger partial charge in [0.05, 0.1) is 5.56 Å². The van der Waals surface area contributed by atoms with Gasteiger partial charge in [-0.3, -0.25) is 4.79 Å². The van der Waals surface area contributed by atoms with Crippen molar-refractivity contribution in [3.8, 4) is 11.5 Å². The van der Waals surface area contributed by atoms with Gasteiger partial charge < -0.3 is 14.8 Å². The van der Waals surface area contributed by atoms with E-state index in [1.54, 1.807) is 18.2 Å². The van der Waals surface area contributed by atoms with E-state index in [1.165, 1.54) is 30.6 Å². The van der Waals surface area contributed by atoms with Crippen LogP contribution in [0.2, 0.25) is 0 Å². The molecule has 0 atom stereocenters. The highest BCUT2D eigenvalue weighted by Crippen LogP contribution is 2.36. The fourth-order valence-corrected chi connectivity index (χ4v) is 4.37. The number of para-hydroxylation sites is 1. The van der Waals surface area contributed by atoms with E-state index in [1.807, 2.05) is 23.9 Å². The monoisotopic (exact) mass is 341 g/mol. The molecule has 0 aromatic heterocycles. The molecule has 2 aliphatic rings. The summed E-state index contributed by atoms with van der Waals surface area (Å²) in [5.41, 5.74) is 1.28. The predicted molar refractivity (Wildman–Crippen MR) is 95.1 cm³/mol. The molecule has 1 amide bonds. The quantitative estimate of drug-likeness (QED) is 0.875. The van der Waals surface area contributed by atoms with E-state index < -0.39 is 0 Å². The van der Waals surface area contributed by atoms with Crippen molar-refractivity contribution in [2.45, 2.75) is 35.8 Å². The molecule has 4 nitrogen and oxygen atoms in total. The SMILES string of the molecule is O=C(Nc1ccc(SC2CCCC2)cc1)c1cccc2c1OCO2. The number of fused-ring (bicyclic) bond motifs is 1. The predicted octanol–water partition coefficient (Wildman–Crippen LogP) is 4.70. The van der Waals surface area contributed by atoms with E-state index in [4.69, 9.17) is 9.47 Å². The van der Waals surface area contributed by atoms with Crippen LogP contribution < -0.4 is 14.8 Å². The minimum absolute atomic E-state index is 0.159. The van der Waals surface area contributed by atoms with E-state index >= 15 is 0 Å². The van der Waals surface area contributed by atoms with Crippen LogP contribution in [0.1, 0.15) is 36.0 Å². The minimum Gasteiger partial charge on any atom is -0.454 e. The minimum atomic E-state index is -0.187. The maximum absolute atomic E-state index is 12.5. The lowest BCUT2D eigenvalue weighted by Crippen LogP contribution is -2.12. The molecule has 1 saturated carbocycles. The zero-order valence-electron chi connectivity index (χ0n) is 13.3. The Morgan fingerprint density at radius 2 is 1.83 bits per heavy atom. The second-order valence-electron chi connectivity index (χ2n) is 6.04. The molecule has 5 heteroatoms. The van der Waals surface area contributed by atoms with Crippen molar-refractivity contribution in [3.05, 3.63) is 48.0 Å². The van der Waals surface area contributed by atoms with E-state index in [0.29, 0.717) is 17.1 Å². The molecule has 1 aliphatic heterocycles. The third kappa shape index (κ3) is 3.22. The van der Waals surface area contributed by atoms with Crippen LogP contribution in [0.15, 0.2) is 47.4 Å². The van der Waals surface area contributed by atoms with Crippen molar-refractivity contribution in [1.29, 1.82) is 0 Å².